The molecule has 2 saturated heterocycles. The van der Waals surface area contributed by atoms with Gasteiger partial charge in [-0.15, -0.1) is 0 Å². The molecule has 0 aliphatic carbocycles. The molecule has 6 nitrogen and oxygen atoms in total. The summed E-state index contributed by atoms with van der Waals surface area (Å²) in [4.78, 5) is 23.8. The standard InChI is InChI=1S/C22H29N5O/c28-22(24-19-6-8-20(9-7-19)26-12-3-4-13-26)10-14-25-15-17-27(18-16-25)21-5-1-2-11-23-21/h1-2,5-9,11H,3-4,10,12-18H2,(H,24,28). The van der Waals surface area contributed by atoms with E-state index in [-0.39, 0.29) is 5.91 Å². The second-order valence-corrected chi connectivity index (χ2v) is 7.56. The van der Waals surface area contributed by atoms with Crippen molar-refractivity contribution < 1.29 is 4.79 Å². The minimum Gasteiger partial charge on any atom is -0.372 e. The first-order chi connectivity index (χ1) is 13.8. The molecule has 0 unspecified atom stereocenters. The van der Waals surface area contributed by atoms with Crippen LogP contribution in [0.4, 0.5) is 17.2 Å². The number of anilines is 3. The van der Waals surface area contributed by atoms with Crippen molar-refractivity contribution in [1.29, 1.82) is 0 Å². The molecule has 4 rings (SSSR count). The van der Waals surface area contributed by atoms with Gasteiger partial charge < -0.3 is 15.1 Å². The molecule has 2 aliphatic rings. The van der Waals surface area contributed by atoms with Crippen molar-refractivity contribution in [3.8, 4) is 0 Å². The predicted octanol–water partition coefficient (Wildman–Crippen LogP) is 2.83. The zero-order chi connectivity index (χ0) is 19.2. The monoisotopic (exact) mass is 379 g/mol. The van der Waals surface area contributed by atoms with Crippen LogP contribution in [-0.4, -0.2) is 61.6 Å². The summed E-state index contributed by atoms with van der Waals surface area (Å²) in [6.45, 7) is 6.92. The molecule has 0 bridgehead atoms. The molecule has 3 heterocycles. The quantitative estimate of drug-likeness (QED) is 0.836. The summed E-state index contributed by atoms with van der Waals surface area (Å²) in [5.74, 6) is 1.12. The Morgan fingerprint density at radius 1 is 0.893 bits per heavy atom. The molecule has 1 aromatic carbocycles. The van der Waals surface area contributed by atoms with E-state index in [4.69, 9.17) is 0 Å². The third-order valence-corrected chi connectivity index (χ3v) is 5.62. The number of nitrogens with zero attached hydrogens (tertiary/aromatic N) is 4. The van der Waals surface area contributed by atoms with Crippen molar-refractivity contribution in [1.82, 2.24) is 9.88 Å². The van der Waals surface area contributed by atoms with Crippen molar-refractivity contribution in [2.75, 3.05) is 60.9 Å². The largest absolute Gasteiger partial charge is 0.372 e. The van der Waals surface area contributed by atoms with Crippen LogP contribution in [0.15, 0.2) is 48.7 Å². The van der Waals surface area contributed by atoms with Gasteiger partial charge in [0.1, 0.15) is 5.82 Å². The molecule has 1 amide bonds. The molecular weight excluding hydrogens is 350 g/mol. The number of aromatic nitrogens is 1. The van der Waals surface area contributed by atoms with Gasteiger partial charge in [-0.25, -0.2) is 4.98 Å². The molecule has 2 aromatic rings. The average molecular weight is 380 g/mol. The summed E-state index contributed by atoms with van der Waals surface area (Å²) in [5, 5.41) is 3.03. The Labute approximate surface area is 167 Å². The van der Waals surface area contributed by atoms with E-state index >= 15 is 0 Å². The van der Waals surface area contributed by atoms with Gasteiger partial charge in [0.15, 0.2) is 0 Å². The summed E-state index contributed by atoms with van der Waals surface area (Å²) in [6.07, 6.45) is 4.91. The Bertz CT molecular complexity index is 750. The highest BCUT2D eigenvalue weighted by molar-refractivity contribution is 5.91. The lowest BCUT2D eigenvalue weighted by Crippen LogP contribution is -2.47. The van der Waals surface area contributed by atoms with Crippen LogP contribution in [-0.2, 0) is 4.79 Å². The topological polar surface area (TPSA) is 51.7 Å². The molecule has 0 spiro atoms. The lowest BCUT2D eigenvalue weighted by atomic mass is 10.2. The van der Waals surface area contributed by atoms with E-state index in [1.807, 2.05) is 30.5 Å². The number of carbonyl (C=O) groups excluding carboxylic acids is 1. The second-order valence-electron chi connectivity index (χ2n) is 7.56. The molecule has 1 aromatic heterocycles. The SMILES string of the molecule is O=C(CCN1CCN(c2ccccn2)CC1)Nc1ccc(N2CCCC2)cc1. The summed E-state index contributed by atoms with van der Waals surface area (Å²) in [5.41, 5.74) is 2.13. The maximum Gasteiger partial charge on any atom is 0.225 e. The average Bonchev–Trinajstić information content (AvgIpc) is 3.29. The van der Waals surface area contributed by atoms with Crippen molar-refractivity contribution in [2.24, 2.45) is 0 Å². The van der Waals surface area contributed by atoms with Crippen LogP contribution in [0.25, 0.3) is 0 Å². The summed E-state index contributed by atoms with van der Waals surface area (Å²) in [7, 11) is 0. The van der Waals surface area contributed by atoms with Crippen molar-refractivity contribution in [3.05, 3.63) is 48.7 Å². The number of pyridine rings is 1. The van der Waals surface area contributed by atoms with Gasteiger partial charge in [0.05, 0.1) is 0 Å². The number of carbonyl (C=O) groups is 1. The minimum atomic E-state index is 0.0843. The van der Waals surface area contributed by atoms with Crippen molar-refractivity contribution >= 4 is 23.1 Å². The molecule has 2 fully saturated rings. The van der Waals surface area contributed by atoms with E-state index < -0.39 is 0 Å². The summed E-state index contributed by atoms with van der Waals surface area (Å²) in [6, 6.07) is 14.3. The van der Waals surface area contributed by atoms with Crippen LogP contribution in [0.2, 0.25) is 0 Å². The molecule has 2 aliphatic heterocycles. The van der Waals surface area contributed by atoms with E-state index in [2.05, 4.69) is 43.2 Å². The third-order valence-electron chi connectivity index (χ3n) is 5.62. The Morgan fingerprint density at radius 2 is 1.64 bits per heavy atom. The van der Waals surface area contributed by atoms with Gasteiger partial charge in [0, 0.05) is 69.8 Å². The van der Waals surface area contributed by atoms with Gasteiger partial charge in [0.2, 0.25) is 5.91 Å². The fourth-order valence-electron chi connectivity index (χ4n) is 3.96. The molecule has 0 saturated carbocycles. The maximum absolute atomic E-state index is 12.3. The number of hydrogen-bond acceptors (Lipinski definition) is 5. The Kier molecular flexibility index (Phi) is 6.07. The number of piperazine rings is 1. The van der Waals surface area contributed by atoms with Crippen molar-refractivity contribution in [3.63, 3.8) is 0 Å². The van der Waals surface area contributed by atoms with Crippen LogP contribution >= 0.6 is 0 Å². The van der Waals surface area contributed by atoms with Crippen LogP contribution in [0.1, 0.15) is 19.3 Å². The predicted molar refractivity (Wildman–Crippen MR) is 114 cm³/mol. The second kappa shape index (κ2) is 9.06. The molecule has 0 radical (unpaired) electrons. The van der Waals surface area contributed by atoms with Gasteiger partial charge in [-0.1, -0.05) is 6.07 Å². The normalized spacial score (nSPS) is 17.7. The Balaban J connectivity index is 1.19. The summed E-state index contributed by atoms with van der Waals surface area (Å²) < 4.78 is 0. The van der Waals surface area contributed by atoms with Crippen molar-refractivity contribution in [2.45, 2.75) is 19.3 Å². The highest BCUT2D eigenvalue weighted by Crippen LogP contribution is 2.22. The van der Waals surface area contributed by atoms with Crippen LogP contribution < -0.4 is 15.1 Å². The first-order valence-electron chi connectivity index (χ1n) is 10.3. The third kappa shape index (κ3) is 4.81. The lowest BCUT2D eigenvalue weighted by molar-refractivity contribution is -0.116. The number of nitrogens with one attached hydrogen (secondary N) is 1. The number of hydrogen-bond donors (Lipinski definition) is 1. The zero-order valence-corrected chi connectivity index (χ0v) is 16.4. The highest BCUT2D eigenvalue weighted by atomic mass is 16.1. The van der Waals surface area contributed by atoms with E-state index in [9.17, 15) is 4.79 Å². The molecular formula is C22H29N5O. The van der Waals surface area contributed by atoms with E-state index in [0.29, 0.717) is 6.42 Å². The smallest absolute Gasteiger partial charge is 0.225 e. The first kappa shape index (κ1) is 18.7. The molecule has 1 N–H and O–H groups in total. The van der Waals surface area contributed by atoms with Crippen LogP contribution in [0.5, 0.6) is 0 Å². The zero-order valence-electron chi connectivity index (χ0n) is 16.4. The maximum atomic E-state index is 12.3. The van der Waals surface area contributed by atoms with E-state index in [0.717, 1.165) is 57.3 Å². The van der Waals surface area contributed by atoms with E-state index in [1.54, 1.807) is 0 Å². The van der Waals surface area contributed by atoms with Gasteiger partial charge in [-0.3, -0.25) is 9.69 Å². The van der Waals surface area contributed by atoms with E-state index in [1.165, 1.54) is 18.5 Å². The fourth-order valence-corrected chi connectivity index (χ4v) is 3.96. The fraction of sp³-hybridized carbons (Fsp3) is 0.455. The number of benzene rings is 1. The minimum absolute atomic E-state index is 0.0843. The first-order valence-corrected chi connectivity index (χ1v) is 10.3. The van der Waals surface area contributed by atoms with Gasteiger partial charge in [-0.2, -0.15) is 0 Å². The summed E-state index contributed by atoms with van der Waals surface area (Å²) >= 11 is 0. The van der Waals surface area contributed by atoms with Gasteiger partial charge >= 0.3 is 0 Å². The van der Waals surface area contributed by atoms with Crippen LogP contribution in [0.3, 0.4) is 0 Å². The van der Waals surface area contributed by atoms with Crippen LogP contribution in [0, 0.1) is 0 Å². The Morgan fingerprint density at radius 3 is 2.32 bits per heavy atom. The number of amides is 1. The molecule has 28 heavy (non-hydrogen) atoms. The number of rotatable bonds is 6. The molecule has 148 valence electrons. The Hall–Kier alpha value is -2.60. The lowest BCUT2D eigenvalue weighted by Gasteiger charge is -2.35. The van der Waals surface area contributed by atoms with Gasteiger partial charge in [0.25, 0.3) is 0 Å². The highest BCUT2D eigenvalue weighted by Gasteiger charge is 2.18. The molecule has 0 atom stereocenters. The van der Waals surface area contributed by atoms with Gasteiger partial charge in [-0.05, 0) is 49.2 Å². The molecule has 6 heteroatoms.